The maximum Gasteiger partial charge on any atom is 0.332 e. The molecule has 13 atom stereocenters. The number of ether oxygens (including phenoxy) is 6. The van der Waals surface area contributed by atoms with E-state index in [2.05, 4.69) is 0 Å². The van der Waals surface area contributed by atoms with Crippen LogP contribution in [0.1, 0.15) is 123 Å². The van der Waals surface area contributed by atoms with Crippen molar-refractivity contribution in [2.45, 2.75) is 203 Å². The van der Waals surface area contributed by atoms with Gasteiger partial charge >= 0.3 is 17.9 Å². The molecule has 13 unspecified atom stereocenters. The molecule has 9 N–H and O–H groups in total. The number of unbranched alkanes of at least 4 members (excludes halogenated alkanes) is 11. The number of carboxylic acid groups (broad SMARTS) is 1. The fourth-order valence-corrected chi connectivity index (χ4v) is 6.66. The molecule has 0 bridgehead atoms. The first-order chi connectivity index (χ1) is 26.7. The van der Waals surface area contributed by atoms with E-state index < -0.39 is 117 Å². The van der Waals surface area contributed by atoms with E-state index in [9.17, 15) is 55.2 Å². The smallest absolute Gasteiger partial charge is 0.332 e. The van der Waals surface area contributed by atoms with Gasteiger partial charge in [0.05, 0.1) is 31.8 Å². The van der Waals surface area contributed by atoms with Crippen molar-refractivity contribution in [3.63, 3.8) is 0 Å². The molecular weight excluding hydrogens is 744 g/mol. The van der Waals surface area contributed by atoms with Crippen molar-refractivity contribution >= 4 is 17.9 Å². The van der Waals surface area contributed by atoms with E-state index in [0.29, 0.717) is 25.7 Å². The van der Waals surface area contributed by atoms with Crippen molar-refractivity contribution in [1.29, 1.82) is 0 Å². The van der Waals surface area contributed by atoms with Crippen molar-refractivity contribution in [3.05, 3.63) is 0 Å². The molecule has 2 aliphatic rings. The van der Waals surface area contributed by atoms with E-state index in [-0.39, 0.29) is 13.0 Å². The van der Waals surface area contributed by atoms with Gasteiger partial charge in [0, 0.05) is 6.92 Å². The molecule has 0 aromatic rings. The summed E-state index contributed by atoms with van der Waals surface area (Å²) in [7, 11) is 0. The van der Waals surface area contributed by atoms with E-state index in [1.165, 1.54) is 0 Å². The van der Waals surface area contributed by atoms with Crippen LogP contribution in [0.2, 0.25) is 0 Å². The van der Waals surface area contributed by atoms with E-state index in [0.717, 1.165) is 77.6 Å². The molecule has 0 aromatic carbocycles. The molecule has 0 saturated carbocycles. The number of carbonyl (C=O) groups is 3. The van der Waals surface area contributed by atoms with Gasteiger partial charge in [0.2, 0.25) is 0 Å². The molecule has 2 fully saturated rings. The van der Waals surface area contributed by atoms with Gasteiger partial charge in [-0.3, -0.25) is 9.59 Å². The van der Waals surface area contributed by atoms with Gasteiger partial charge in [0.15, 0.2) is 24.8 Å². The van der Waals surface area contributed by atoms with Crippen LogP contribution in [0.25, 0.3) is 0 Å². The number of hydrogen-bond acceptors (Lipinski definition) is 17. The molecule has 56 heavy (non-hydrogen) atoms. The van der Waals surface area contributed by atoms with Gasteiger partial charge in [0.25, 0.3) is 0 Å². The quantitative estimate of drug-likeness (QED) is 0.0369. The maximum atomic E-state index is 12.8. The minimum Gasteiger partial charge on any atom is -0.479 e. The maximum absolute atomic E-state index is 12.8. The summed E-state index contributed by atoms with van der Waals surface area (Å²) in [5.74, 6) is -2.83. The van der Waals surface area contributed by atoms with Gasteiger partial charge in [-0.05, 0) is 19.3 Å². The summed E-state index contributed by atoms with van der Waals surface area (Å²) in [5.41, 5.74) is 0. The molecule has 328 valence electrons. The molecular formula is C38H68O18. The Morgan fingerprint density at radius 1 is 0.661 bits per heavy atom. The van der Waals surface area contributed by atoms with Gasteiger partial charge in [-0.25, -0.2) is 4.79 Å². The number of aliphatic hydroxyl groups excluding tert-OH is 8. The Balaban J connectivity index is 1.89. The molecule has 0 aliphatic carbocycles. The van der Waals surface area contributed by atoms with Crippen LogP contribution in [0.15, 0.2) is 0 Å². The lowest BCUT2D eigenvalue weighted by Crippen LogP contribution is -2.65. The molecule has 18 heteroatoms. The van der Waals surface area contributed by atoms with Gasteiger partial charge < -0.3 is 74.4 Å². The minimum atomic E-state index is -1.83. The molecule has 18 nitrogen and oxygen atoms in total. The number of rotatable bonds is 29. The number of carboxylic acids is 1. The Morgan fingerprint density at radius 3 is 1.77 bits per heavy atom. The Bertz CT molecular complexity index is 1100. The highest BCUT2D eigenvalue weighted by Gasteiger charge is 2.52. The third-order valence-corrected chi connectivity index (χ3v) is 10.0. The van der Waals surface area contributed by atoms with Crippen LogP contribution in [0.3, 0.4) is 0 Å². The average Bonchev–Trinajstić information content (AvgIpc) is 3.15. The zero-order valence-electron chi connectivity index (χ0n) is 32.8. The Hall–Kier alpha value is -2.07. The zero-order valence-corrected chi connectivity index (χ0v) is 32.8. The summed E-state index contributed by atoms with van der Waals surface area (Å²) in [6.07, 6.45) is -7.18. The SMILES string of the molecule is CCCCCC(O)CC(=O)OC1C(OC2C(COC(C)=O)OC(OCC(O)CCCCCCCCCCCCC(O)C(=O)O)C(O)C2O)OC(CO)C(O)C1O. The van der Waals surface area contributed by atoms with Crippen LogP contribution in [-0.2, 0) is 42.8 Å². The number of carbonyl (C=O) groups excluding carboxylic acids is 2. The highest BCUT2D eigenvalue weighted by Crippen LogP contribution is 2.31. The number of esters is 2. The van der Waals surface area contributed by atoms with Gasteiger partial charge in [-0.1, -0.05) is 90.4 Å². The minimum absolute atomic E-state index is 0.250. The molecule has 2 heterocycles. The second kappa shape index (κ2) is 27.6. The molecule has 0 spiro atoms. The van der Waals surface area contributed by atoms with Crippen molar-refractivity contribution in [2.24, 2.45) is 0 Å². The molecule has 0 amide bonds. The second-order valence-corrected chi connectivity index (χ2v) is 14.9. The Labute approximate surface area is 329 Å². The van der Waals surface area contributed by atoms with Crippen LogP contribution >= 0.6 is 0 Å². The van der Waals surface area contributed by atoms with Crippen LogP contribution in [0.5, 0.6) is 0 Å². The molecule has 0 aromatic heterocycles. The van der Waals surface area contributed by atoms with E-state index in [1.54, 1.807) is 0 Å². The fraction of sp³-hybridized carbons (Fsp3) is 0.921. The fourth-order valence-electron chi connectivity index (χ4n) is 6.66. The first kappa shape index (κ1) is 50.1. The van der Waals surface area contributed by atoms with Crippen LogP contribution < -0.4 is 0 Å². The van der Waals surface area contributed by atoms with Crippen molar-refractivity contribution in [3.8, 4) is 0 Å². The third kappa shape index (κ3) is 18.2. The standard InChI is InChI=1S/C38H68O18/c1-3-4-13-16-24(41)19-29(44)55-35-31(46)30(45)27(20-39)53-38(35)56-34-28(22-51-23(2)40)54-37(33(48)32(34)47)52-21-25(42)17-14-11-9-7-5-6-8-10-12-15-18-26(43)36(49)50/h24-28,30-35,37-39,41-43,45-48H,3-22H2,1-2H3,(H,49,50). The summed E-state index contributed by atoms with van der Waals surface area (Å²) in [4.78, 5) is 35.1. The lowest BCUT2D eigenvalue weighted by atomic mass is 9.96. The topological polar surface area (TPSA) is 289 Å². The van der Waals surface area contributed by atoms with E-state index in [1.807, 2.05) is 6.92 Å². The second-order valence-electron chi connectivity index (χ2n) is 14.9. The number of hydrogen-bond donors (Lipinski definition) is 9. The first-order valence-electron chi connectivity index (χ1n) is 20.2. The van der Waals surface area contributed by atoms with Crippen LogP contribution in [0, 0.1) is 0 Å². The highest BCUT2D eigenvalue weighted by atomic mass is 16.8. The molecule has 0 radical (unpaired) electrons. The molecule has 2 aliphatic heterocycles. The third-order valence-electron chi connectivity index (χ3n) is 10.0. The summed E-state index contributed by atoms with van der Waals surface area (Å²) < 4.78 is 33.5. The summed E-state index contributed by atoms with van der Waals surface area (Å²) >= 11 is 0. The van der Waals surface area contributed by atoms with Crippen LogP contribution in [-0.4, -0.2) is 163 Å². The lowest BCUT2D eigenvalue weighted by molar-refractivity contribution is -0.361. The molecule has 2 saturated heterocycles. The highest BCUT2D eigenvalue weighted by molar-refractivity contribution is 5.71. The summed E-state index contributed by atoms with van der Waals surface area (Å²) in [5, 5.41) is 92.1. The van der Waals surface area contributed by atoms with E-state index >= 15 is 0 Å². The number of aliphatic hydroxyl groups is 8. The monoisotopic (exact) mass is 812 g/mol. The first-order valence-corrected chi connectivity index (χ1v) is 20.2. The summed E-state index contributed by atoms with van der Waals surface area (Å²) in [6.45, 7) is 1.60. The Morgan fingerprint density at radius 2 is 1.20 bits per heavy atom. The number of aliphatic carboxylic acids is 1. The van der Waals surface area contributed by atoms with Crippen molar-refractivity contribution in [1.82, 2.24) is 0 Å². The van der Waals surface area contributed by atoms with E-state index in [4.69, 9.17) is 33.5 Å². The van der Waals surface area contributed by atoms with Gasteiger partial charge in [-0.15, -0.1) is 0 Å². The predicted molar refractivity (Wildman–Crippen MR) is 196 cm³/mol. The predicted octanol–water partition coefficient (Wildman–Crippen LogP) is 0.568. The van der Waals surface area contributed by atoms with Crippen molar-refractivity contribution < 1.29 is 88.8 Å². The van der Waals surface area contributed by atoms with Gasteiger partial charge in [0.1, 0.15) is 49.3 Å². The Kier molecular flexibility index (Phi) is 24.7. The van der Waals surface area contributed by atoms with Crippen LogP contribution in [0.4, 0.5) is 0 Å². The largest absolute Gasteiger partial charge is 0.479 e. The van der Waals surface area contributed by atoms with Crippen molar-refractivity contribution in [2.75, 3.05) is 19.8 Å². The zero-order chi connectivity index (χ0) is 41.6. The molecule has 2 rings (SSSR count). The van der Waals surface area contributed by atoms with Gasteiger partial charge in [-0.2, -0.15) is 0 Å². The summed E-state index contributed by atoms with van der Waals surface area (Å²) in [6, 6.07) is 0. The normalized spacial score (nSPS) is 29.7. The lowest BCUT2D eigenvalue weighted by Gasteiger charge is -2.46. The average molecular weight is 813 g/mol.